The molecule has 0 saturated heterocycles. The summed E-state index contributed by atoms with van der Waals surface area (Å²) < 4.78 is 7.09. The Labute approximate surface area is 183 Å². The number of benzene rings is 2. The Bertz CT molecular complexity index is 1190. The van der Waals surface area contributed by atoms with Gasteiger partial charge in [0.25, 0.3) is 0 Å². The molecule has 0 amide bonds. The predicted octanol–water partition coefficient (Wildman–Crippen LogP) is 3.09. The number of ether oxygens (including phenoxy) is 1. The van der Waals surface area contributed by atoms with Gasteiger partial charge >= 0.3 is 0 Å². The van der Waals surface area contributed by atoms with E-state index in [9.17, 15) is 0 Å². The third kappa shape index (κ3) is 4.56. The van der Waals surface area contributed by atoms with E-state index in [0.29, 0.717) is 28.4 Å². The minimum atomic E-state index is 0.123. The van der Waals surface area contributed by atoms with E-state index in [1.807, 2.05) is 56.3 Å². The van der Waals surface area contributed by atoms with Crippen molar-refractivity contribution in [1.82, 2.24) is 35.2 Å². The van der Waals surface area contributed by atoms with Gasteiger partial charge in [-0.1, -0.05) is 42.1 Å². The van der Waals surface area contributed by atoms with E-state index in [1.54, 1.807) is 11.8 Å². The molecule has 158 valence electrons. The number of para-hydroxylation sites is 3. The van der Waals surface area contributed by atoms with E-state index in [-0.39, 0.29) is 5.95 Å². The van der Waals surface area contributed by atoms with Crippen molar-refractivity contribution in [2.75, 3.05) is 18.2 Å². The lowest BCUT2D eigenvalue weighted by Gasteiger charge is -2.11. The average Bonchev–Trinajstić information content (AvgIpc) is 3.20. The summed E-state index contributed by atoms with van der Waals surface area (Å²) in [5, 5.41) is 15.9. The van der Waals surface area contributed by atoms with Crippen molar-refractivity contribution in [3.8, 4) is 11.4 Å². The molecule has 0 aliphatic rings. The van der Waals surface area contributed by atoms with Gasteiger partial charge in [0, 0.05) is 0 Å². The standard InChI is InChI=1S/C20H21N9OS/c1-12-7-6-8-13(2)17(12)29-20(26-27-28-29)31-11-16-23-18(21)25-19(24-16)22-14-9-4-5-10-15(14)30-3/h4-10H,11H2,1-3H3,(H3,21,22,23,24,25). The molecule has 31 heavy (non-hydrogen) atoms. The molecule has 11 heteroatoms. The number of thioether (sulfide) groups is 1. The number of tetrazole rings is 1. The monoisotopic (exact) mass is 435 g/mol. The van der Waals surface area contributed by atoms with Crippen molar-refractivity contribution < 1.29 is 4.74 Å². The van der Waals surface area contributed by atoms with E-state index in [4.69, 9.17) is 10.5 Å². The van der Waals surface area contributed by atoms with Crippen LogP contribution in [-0.2, 0) is 5.75 Å². The zero-order valence-electron chi connectivity index (χ0n) is 17.3. The summed E-state index contributed by atoms with van der Waals surface area (Å²) >= 11 is 1.42. The van der Waals surface area contributed by atoms with Gasteiger partial charge in [0.1, 0.15) is 11.6 Å². The number of nitrogens with zero attached hydrogens (tertiary/aromatic N) is 7. The van der Waals surface area contributed by atoms with Crippen LogP contribution in [0.4, 0.5) is 17.6 Å². The molecule has 4 rings (SSSR count). The van der Waals surface area contributed by atoms with Gasteiger partial charge in [-0.3, -0.25) is 0 Å². The second-order valence-corrected chi connectivity index (χ2v) is 7.60. The first-order valence-electron chi connectivity index (χ1n) is 9.43. The highest BCUT2D eigenvalue weighted by molar-refractivity contribution is 7.98. The quantitative estimate of drug-likeness (QED) is 0.418. The van der Waals surface area contributed by atoms with Crippen molar-refractivity contribution in [2.24, 2.45) is 0 Å². The number of nitrogens with two attached hydrogens (primary N) is 1. The summed E-state index contributed by atoms with van der Waals surface area (Å²) in [6.45, 7) is 4.06. The molecular formula is C20H21N9OS. The molecular weight excluding hydrogens is 414 g/mol. The van der Waals surface area contributed by atoms with Crippen molar-refractivity contribution in [1.29, 1.82) is 0 Å². The van der Waals surface area contributed by atoms with Crippen LogP contribution in [0.2, 0.25) is 0 Å². The van der Waals surface area contributed by atoms with Crippen LogP contribution in [0, 0.1) is 13.8 Å². The normalized spacial score (nSPS) is 10.8. The fraction of sp³-hybridized carbons (Fsp3) is 0.200. The summed E-state index contributed by atoms with van der Waals surface area (Å²) in [5.74, 6) is 2.05. The Balaban J connectivity index is 1.55. The van der Waals surface area contributed by atoms with E-state index >= 15 is 0 Å². The van der Waals surface area contributed by atoms with Crippen molar-refractivity contribution >= 4 is 29.3 Å². The van der Waals surface area contributed by atoms with E-state index in [2.05, 4.69) is 35.8 Å². The first-order valence-corrected chi connectivity index (χ1v) is 10.4. The average molecular weight is 436 g/mol. The number of aromatic nitrogens is 7. The van der Waals surface area contributed by atoms with Crippen LogP contribution in [0.1, 0.15) is 17.0 Å². The largest absolute Gasteiger partial charge is 0.495 e. The maximum Gasteiger partial charge on any atom is 0.232 e. The number of hydrogen-bond donors (Lipinski definition) is 2. The molecule has 0 aliphatic heterocycles. The molecule has 0 aliphatic carbocycles. The molecule has 0 bridgehead atoms. The Morgan fingerprint density at radius 3 is 2.58 bits per heavy atom. The first-order chi connectivity index (χ1) is 15.0. The van der Waals surface area contributed by atoms with Gasteiger partial charge in [-0.15, -0.1) is 5.10 Å². The number of hydrogen-bond acceptors (Lipinski definition) is 10. The smallest absolute Gasteiger partial charge is 0.232 e. The van der Waals surface area contributed by atoms with Crippen LogP contribution in [0.15, 0.2) is 47.6 Å². The lowest BCUT2D eigenvalue weighted by molar-refractivity contribution is 0.417. The van der Waals surface area contributed by atoms with Gasteiger partial charge in [0.15, 0.2) is 0 Å². The summed E-state index contributed by atoms with van der Waals surface area (Å²) in [4.78, 5) is 12.9. The van der Waals surface area contributed by atoms with Gasteiger partial charge < -0.3 is 15.8 Å². The molecule has 2 aromatic carbocycles. The fourth-order valence-electron chi connectivity index (χ4n) is 3.10. The van der Waals surface area contributed by atoms with Gasteiger partial charge in [0.05, 0.1) is 24.2 Å². The SMILES string of the molecule is COc1ccccc1Nc1nc(N)nc(CSc2nnnn2-c2c(C)cccc2C)n1. The van der Waals surface area contributed by atoms with Crippen LogP contribution in [0.3, 0.4) is 0 Å². The topological polar surface area (TPSA) is 130 Å². The zero-order chi connectivity index (χ0) is 21.8. The summed E-state index contributed by atoms with van der Waals surface area (Å²) in [6.07, 6.45) is 0. The van der Waals surface area contributed by atoms with Gasteiger partial charge in [-0.05, 0) is 47.5 Å². The first kappa shape index (κ1) is 20.5. The molecule has 3 N–H and O–H groups in total. The Morgan fingerprint density at radius 1 is 1.03 bits per heavy atom. The maximum absolute atomic E-state index is 5.91. The number of nitrogen functional groups attached to an aromatic ring is 1. The second-order valence-electron chi connectivity index (χ2n) is 6.66. The Morgan fingerprint density at radius 2 is 1.81 bits per heavy atom. The van der Waals surface area contributed by atoms with Gasteiger partial charge in [0.2, 0.25) is 17.1 Å². The van der Waals surface area contributed by atoms with Crippen LogP contribution < -0.4 is 15.8 Å². The molecule has 10 nitrogen and oxygen atoms in total. The molecule has 0 saturated carbocycles. The highest BCUT2D eigenvalue weighted by Crippen LogP contribution is 2.27. The number of anilines is 3. The van der Waals surface area contributed by atoms with Crippen LogP contribution in [0.25, 0.3) is 5.69 Å². The minimum absolute atomic E-state index is 0.123. The third-order valence-electron chi connectivity index (χ3n) is 4.48. The van der Waals surface area contributed by atoms with Crippen molar-refractivity contribution in [2.45, 2.75) is 24.8 Å². The van der Waals surface area contributed by atoms with Crippen LogP contribution in [-0.4, -0.2) is 42.3 Å². The number of rotatable bonds is 7. The van der Waals surface area contributed by atoms with Crippen molar-refractivity contribution in [3.05, 3.63) is 59.4 Å². The number of nitrogens with one attached hydrogen (secondary N) is 1. The van der Waals surface area contributed by atoms with Crippen LogP contribution in [0.5, 0.6) is 5.75 Å². The second kappa shape index (κ2) is 8.96. The third-order valence-corrected chi connectivity index (χ3v) is 5.39. The van der Waals surface area contributed by atoms with Crippen LogP contribution >= 0.6 is 11.8 Å². The van der Waals surface area contributed by atoms with E-state index < -0.39 is 0 Å². The molecule has 0 atom stereocenters. The number of aryl methyl sites for hydroxylation is 2. The predicted molar refractivity (Wildman–Crippen MR) is 119 cm³/mol. The van der Waals surface area contributed by atoms with E-state index in [0.717, 1.165) is 22.5 Å². The minimum Gasteiger partial charge on any atom is -0.495 e. The van der Waals surface area contributed by atoms with E-state index in [1.165, 1.54) is 11.8 Å². The molecule has 0 radical (unpaired) electrons. The van der Waals surface area contributed by atoms with Gasteiger partial charge in [-0.2, -0.15) is 19.6 Å². The maximum atomic E-state index is 5.91. The molecule has 4 aromatic rings. The zero-order valence-corrected chi connectivity index (χ0v) is 18.1. The van der Waals surface area contributed by atoms with Crippen molar-refractivity contribution in [3.63, 3.8) is 0 Å². The number of methoxy groups -OCH3 is 1. The fourth-order valence-corrected chi connectivity index (χ4v) is 3.84. The molecule has 0 unspecified atom stereocenters. The van der Waals surface area contributed by atoms with Gasteiger partial charge in [-0.25, -0.2) is 0 Å². The molecule has 0 fully saturated rings. The lowest BCUT2D eigenvalue weighted by atomic mass is 10.1. The molecule has 2 heterocycles. The Hall–Kier alpha value is -3.73. The highest BCUT2D eigenvalue weighted by Gasteiger charge is 2.15. The summed E-state index contributed by atoms with van der Waals surface area (Å²) in [7, 11) is 1.60. The lowest BCUT2D eigenvalue weighted by Crippen LogP contribution is -2.08. The summed E-state index contributed by atoms with van der Waals surface area (Å²) in [6, 6.07) is 13.5. The Kier molecular flexibility index (Phi) is 5.94. The molecule has 2 aromatic heterocycles. The molecule has 0 spiro atoms. The highest BCUT2D eigenvalue weighted by atomic mass is 32.2. The summed E-state index contributed by atoms with van der Waals surface area (Å²) in [5.41, 5.74) is 9.77.